The summed E-state index contributed by atoms with van der Waals surface area (Å²) in [6, 6.07) is -0.237. The summed E-state index contributed by atoms with van der Waals surface area (Å²) in [4.78, 5) is 11.0. The minimum Gasteiger partial charge on any atom is -0.321 e. The van der Waals surface area contributed by atoms with E-state index in [4.69, 9.17) is 5.73 Å². The van der Waals surface area contributed by atoms with Crippen molar-refractivity contribution in [2.45, 2.75) is 52.0 Å². The highest BCUT2D eigenvalue weighted by molar-refractivity contribution is 5.81. The Kier molecular flexibility index (Phi) is 3.91. The summed E-state index contributed by atoms with van der Waals surface area (Å²) in [6.45, 7) is 3.67. The van der Waals surface area contributed by atoms with Gasteiger partial charge in [-0.15, -0.1) is 0 Å². The predicted molar refractivity (Wildman–Crippen MR) is 54.4 cm³/mol. The van der Waals surface area contributed by atoms with Crippen LogP contribution in [0.25, 0.3) is 0 Å². The van der Waals surface area contributed by atoms with Gasteiger partial charge in [0.1, 0.15) is 5.78 Å². The van der Waals surface area contributed by atoms with E-state index in [2.05, 4.69) is 6.92 Å². The van der Waals surface area contributed by atoms with Crippen LogP contribution in [0.1, 0.15) is 46.0 Å². The van der Waals surface area contributed by atoms with Crippen molar-refractivity contribution in [3.63, 3.8) is 0 Å². The number of hydrogen-bond acceptors (Lipinski definition) is 2. The zero-order chi connectivity index (χ0) is 9.84. The van der Waals surface area contributed by atoms with Crippen molar-refractivity contribution in [2.75, 3.05) is 0 Å². The van der Waals surface area contributed by atoms with Gasteiger partial charge in [0.25, 0.3) is 0 Å². The standard InChI is InChI=1S/C11H21NO/c1-8(11(12)9(2)13)4-3-5-10-6-7-10/h8,10-11H,3-7,12H2,1-2H3/t8-,11-/m1/s1. The Morgan fingerprint density at radius 1 is 1.54 bits per heavy atom. The summed E-state index contributed by atoms with van der Waals surface area (Å²) in [5, 5.41) is 0. The first-order valence-electron chi connectivity index (χ1n) is 5.37. The molecule has 13 heavy (non-hydrogen) atoms. The third kappa shape index (κ3) is 3.90. The van der Waals surface area contributed by atoms with E-state index in [1.165, 1.54) is 25.7 Å². The van der Waals surface area contributed by atoms with E-state index >= 15 is 0 Å². The zero-order valence-electron chi connectivity index (χ0n) is 8.75. The van der Waals surface area contributed by atoms with Gasteiger partial charge in [-0.3, -0.25) is 4.79 Å². The molecule has 2 heteroatoms. The van der Waals surface area contributed by atoms with Crippen molar-refractivity contribution >= 4 is 5.78 Å². The van der Waals surface area contributed by atoms with E-state index in [-0.39, 0.29) is 11.8 Å². The number of nitrogens with two attached hydrogens (primary N) is 1. The van der Waals surface area contributed by atoms with Gasteiger partial charge in [-0.2, -0.15) is 0 Å². The van der Waals surface area contributed by atoms with E-state index in [1.807, 2.05) is 0 Å². The lowest BCUT2D eigenvalue weighted by Gasteiger charge is -2.16. The number of Topliss-reactive ketones (excluding diaryl/α,β-unsaturated/α-hetero) is 1. The zero-order valence-corrected chi connectivity index (χ0v) is 8.75. The topological polar surface area (TPSA) is 43.1 Å². The van der Waals surface area contributed by atoms with Gasteiger partial charge < -0.3 is 5.73 Å². The van der Waals surface area contributed by atoms with Crippen LogP contribution < -0.4 is 5.73 Å². The van der Waals surface area contributed by atoms with E-state index < -0.39 is 0 Å². The smallest absolute Gasteiger partial charge is 0.146 e. The molecule has 2 atom stereocenters. The van der Waals surface area contributed by atoms with Crippen molar-refractivity contribution in [1.29, 1.82) is 0 Å². The molecule has 0 unspecified atom stereocenters. The van der Waals surface area contributed by atoms with Gasteiger partial charge in [0.05, 0.1) is 6.04 Å². The summed E-state index contributed by atoms with van der Waals surface area (Å²) in [5.41, 5.74) is 5.74. The highest BCUT2D eigenvalue weighted by atomic mass is 16.1. The van der Waals surface area contributed by atoms with E-state index in [9.17, 15) is 4.79 Å². The largest absolute Gasteiger partial charge is 0.321 e. The van der Waals surface area contributed by atoms with Crippen LogP contribution in [0.15, 0.2) is 0 Å². The first-order valence-corrected chi connectivity index (χ1v) is 5.37. The molecule has 2 nitrogen and oxygen atoms in total. The maximum atomic E-state index is 11.0. The first kappa shape index (κ1) is 10.7. The van der Waals surface area contributed by atoms with Crippen molar-refractivity contribution < 1.29 is 4.79 Å². The molecule has 76 valence electrons. The molecule has 2 N–H and O–H groups in total. The van der Waals surface area contributed by atoms with Crippen LogP contribution in [-0.2, 0) is 4.79 Å². The molecule has 0 bridgehead atoms. The minimum atomic E-state index is -0.237. The van der Waals surface area contributed by atoms with Crippen molar-refractivity contribution in [1.82, 2.24) is 0 Å². The van der Waals surface area contributed by atoms with Gasteiger partial charge in [-0.1, -0.05) is 32.6 Å². The second kappa shape index (κ2) is 4.75. The second-order valence-electron chi connectivity index (χ2n) is 4.49. The van der Waals surface area contributed by atoms with Crippen molar-refractivity contribution in [3.8, 4) is 0 Å². The number of hydrogen-bond donors (Lipinski definition) is 1. The molecule has 0 spiro atoms. The molecule has 0 saturated heterocycles. The van der Waals surface area contributed by atoms with Crippen LogP contribution in [0, 0.1) is 11.8 Å². The molecular formula is C11H21NO. The lowest BCUT2D eigenvalue weighted by molar-refractivity contribution is -0.119. The molecule has 0 amide bonds. The third-order valence-corrected chi connectivity index (χ3v) is 3.05. The van der Waals surface area contributed by atoms with Crippen molar-refractivity contribution in [3.05, 3.63) is 0 Å². The highest BCUT2D eigenvalue weighted by Gasteiger charge is 2.22. The lowest BCUT2D eigenvalue weighted by atomic mass is 9.93. The normalized spacial score (nSPS) is 21.2. The van der Waals surface area contributed by atoms with Crippen LogP contribution >= 0.6 is 0 Å². The maximum Gasteiger partial charge on any atom is 0.146 e. The van der Waals surface area contributed by atoms with Gasteiger partial charge >= 0.3 is 0 Å². The van der Waals surface area contributed by atoms with E-state index in [0.29, 0.717) is 5.92 Å². The summed E-state index contributed by atoms with van der Waals surface area (Å²) in [6.07, 6.45) is 6.54. The Hall–Kier alpha value is -0.370. The Labute approximate surface area is 80.9 Å². The fourth-order valence-electron chi connectivity index (χ4n) is 1.72. The van der Waals surface area contributed by atoms with Gasteiger partial charge in [-0.05, 0) is 25.2 Å². The van der Waals surface area contributed by atoms with Crippen LogP contribution in [0.3, 0.4) is 0 Å². The molecule has 0 aromatic carbocycles. The quantitative estimate of drug-likeness (QED) is 0.685. The van der Waals surface area contributed by atoms with Gasteiger partial charge in [-0.25, -0.2) is 0 Å². The molecular weight excluding hydrogens is 162 g/mol. The summed E-state index contributed by atoms with van der Waals surface area (Å²) >= 11 is 0. The van der Waals surface area contributed by atoms with Crippen LogP contribution in [0.2, 0.25) is 0 Å². The molecule has 1 fully saturated rings. The lowest BCUT2D eigenvalue weighted by Crippen LogP contribution is -2.35. The molecule has 0 aromatic rings. The summed E-state index contributed by atoms with van der Waals surface area (Å²) < 4.78 is 0. The molecule has 0 heterocycles. The van der Waals surface area contributed by atoms with Gasteiger partial charge in [0.15, 0.2) is 0 Å². The average Bonchev–Trinajstić information content (AvgIpc) is 2.86. The average molecular weight is 183 g/mol. The minimum absolute atomic E-state index is 0.124. The monoisotopic (exact) mass is 183 g/mol. The van der Waals surface area contributed by atoms with Crippen molar-refractivity contribution in [2.24, 2.45) is 17.6 Å². The Morgan fingerprint density at radius 3 is 2.62 bits per heavy atom. The summed E-state index contributed by atoms with van der Waals surface area (Å²) in [7, 11) is 0. The van der Waals surface area contributed by atoms with E-state index in [0.717, 1.165) is 12.3 Å². The number of carbonyl (C=O) groups excluding carboxylic acids is 1. The predicted octanol–water partition coefficient (Wildman–Crippen LogP) is 2.12. The fraction of sp³-hybridized carbons (Fsp3) is 0.909. The molecule has 1 saturated carbocycles. The van der Waals surface area contributed by atoms with E-state index in [1.54, 1.807) is 6.92 Å². The molecule has 1 rings (SSSR count). The second-order valence-corrected chi connectivity index (χ2v) is 4.49. The molecule has 1 aliphatic carbocycles. The molecule has 0 aromatic heterocycles. The molecule has 0 aliphatic heterocycles. The first-order chi connectivity index (χ1) is 6.11. The van der Waals surface area contributed by atoms with Crippen LogP contribution in [0.5, 0.6) is 0 Å². The fourth-order valence-corrected chi connectivity index (χ4v) is 1.72. The SMILES string of the molecule is CC(=O)[C@H](N)[C@H](C)CCCC1CC1. The summed E-state index contributed by atoms with van der Waals surface area (Å²) in [5.74, 6) is 1.48. The number of ketones is 1. The molecule has 1 aliphatic rings. The third-order valence-electron chi connectivity index (χ3n) is 3.05. The number of rotatable bonds is 6. The number of carbonyl (C=O) groups is 1. The van der Waals surface area contributed by atoms with Crippen LogP contribution in [0.4, 0.5) is 0 Å². The Bertz CT molecular complexity index is 175. The Morgan fingerprint density at radius 2 is 2.15 bits per heavy atom. The molecule has 0 radical (unpaired) electrons. The Balaban J connectivity index is 2.07. The van der Waals surface area contributed by atoms with Gasteiger partial charge in [0, 0.05) is 0 Å². The van der Waals surface area contributed by atoms with Crippen LogP contribution in [-0.4, -0.2) is 11.8 Å². The van der Waals surface area contributed by atoms with Gasteiger partial charge in [0.2, 0.25) is 0 Å². The maximum absolute atomic E-state index is 11.0. The highest BCUT2D eigenvalue weighted by Crippen LogP contribution is 2.34.